The van der Waals surface area contributed by atoms with Gasteiger partial charge in [0.1, 0.15) is 0 Å². The number of hydrogen-bond donors (Lipinski definition) is 1. The van der Waals surface area contributed by atoms with E-state index in [0.29, 0.717) is 0 Å². The summed E-state index contributed by atoms with van der Waals surface area (Å²) >= 11 is 0. The first-order valence-electron chi connectivity index (χ1n) is 1.04. The van der Waals surface area contributed by atoms with E-state index in [1.54, 1.807) is 0 Å². The molecule has 0 spiro atoms. The standard InChI is InChI=1S/H2N4OP/c1-2-3-4-6-5/h(H2,1,3)/q+1. The third kappa shape index (κ3) is 3.43. The molecule has 0 aliphatic rings. The summed E-state index contributed by atoms with van der Waals surface area (Å²) in [5.41, 5.74) is 0. The van der Waals surface area contributed by atoms with Crippen molar-refractivity contribution < 1.29 is 4.57 Å². The molecule has 0 bridgehead atoms. The second-order valence-electron chi connectivity index (χ2n) is 0.376. The van der Waals surface area contributed by atoms with Crippen molar-refractivity contribution in [3.05, 3.63) is 0 Å². The third-order valence-corrected chi connectivity index (χ3v) is 0.281. The average Bonchev–Trinajstić information content (AvgIpc) is 1.61. The van der Waals surface area contributed by atoms with Crippen LogP contribution < -0.4 is 5.84 Å². The van der Waals surface area contributed by atoms with Crippen molar-refractivity contribution in [3.8, 4) is 0 Å². The van der Waals surface area contributed by atoms with Crippen LogP contribution in [0.2, 0.25) is 0 Å². The van der Waals surface area contributed by atoms with Crippen LogP contribution in [0.15, 0.2) is 15.3 Å². The monoisotopic (exact) mass is 105 g/mol. The van der Waals surface area contributed by atoms with Crippen LogP contribution in [0, 0.1) is 0 Å². The summed E-state index contributed by atoms with van der Waals surface area (Å²) in [5.74, 6) is 4.44. The summed E-state index contributed by atoms with van der Waals surface area (Å²) in [5, 5.41) is 5.47. The summed E-state index contributed by atoms with van der Waals surface area (Å²) in [6, 6.07) is 0. The summed E-state index contributed by atoms with van der Waals surface area (Å²) in [6.45, 7) is 0. The van der Waals surface area contributed by atoms with Crippen LogP contribution in [0.5, 0.6) is 0 Å². The molecule has 0 rings (SSSR count). The van der Waals surface area contributed by atoms with Gasteiger partial charge in [0.05, 0.1) is 0 Å². The van der Waals surface area contributed by atoms with Crippen LogP contribution in [0.3, 0.4) is 0 Å². The molecule has 0 saturated carbocycles. The van der Waals surface area contributed by atoms with Crippen molar-refractivity contribution in [2.24, 2.45) is 21.1 Å². The van der Waals surface area contributed by atoms with Crippen molar-refractivity contribution in [2.45, 2.75) is 0 Å². The molecule has 0 aliphatic carbocycles. The topological polar surface area (TPSA) is 80.2 Å². The fraction of sp³-hybridized carbons (Fsp3) is 0. The SMILES string of the molecule is NN=NN=[P+]=O. The molecule has 6 heteroatoms. The van der Waals surface area contributed by atoms with Crippen LogP contribution in [0.4, 0.5) is 0 Å². The molecule has 0 aromatic rings. The Morgan fingerprint density at radius 1 is 1.67 bits per heavy atom. The van der Waals surface area contributed by atoms with Crippen molar-refractivity contribution in [1.82, 2.24) is 0 Å². The van der Waals surface area contributed by atoms with E-state index in [-0.39, 0.29) is 0 Å². The zero-order valence-corrected chi connectivity index (χ0v) is 3.67. The van der Waals surface area contributed by atoms with Crippen LogP contribution in [-0.4, -0.2) is 0 Å². The molecule has 5 nitrogen and oxygen atoms in total. The maximum atomic E-state index is 9.28. The van der Waals surface area contributed by atoms with Crippen LogP contribution in [0.25, 0.3) is 0 Å². The number of hydrogen-bond acceptors (Lipinski definition) is 2. The molecule has 0 fully saturated rings. The van der Waals surface area contributed by atoms with E-state index in [9.17, 15) is 4.57 Å². The Bertz CT molecular complexity index is 89.7. The normalized spacial score (nSPS) is 8.67. The van der Waals surface area contributed by atoms with Crippen LogP contribution in [-0.2, 0) is 4.57 Å². The van der Waals surface area contributed by atoms with Gasteiger partial charge in [0.2, 0.25) is 0 Å². The molecule has 0 aliphatic heterocycles. The summed E-state index contributed by atoms with van der Waals surface area (Å²) in [4.78, 5) is 2.84. The van der Waals surface area contributed by atoms with Crippen molar-refractivity contribution in [3.63, 3.8) is 0 Å². The molecular weight excluding hydrogens is 103 g/mol. The van der Waals surface area contributed by atoms with Gasteiger partial charge in [-0.2, -0.15) is 0 Å². The van der Waals surface area contributed by atoms with E-state index in [1.165, 1.54) is 0 Å². The van der Waals surface area contributed by atoms with Crippen molar-refractivity contribution >= 4 is 8.25 Å². The quantitative estimate of drug-likeness (QED) is 0.230. The zero-order valence-electron chi connectivity index (χ0n) is 2.77. The van der Waals surface area contributed by atoms with Gasteiger partial charge in [-0.15, -0.1) is 0 Å². The molecule has 0 atom stereocenters. The van der Waals surface area contributed by atoms with E-state index >= 15 is 0 Å². The average molecular weight is 105 g/mol. The Morgan fingerprint density at radius 2 is 2.33 bits per heavy atom. The van der Waals surface area contributed by atoms with Gasteiger partial charge in [-0.05, 0) is 0 Å². The molecule has 0 amide bonds. The molecule has 0 heterocycles. The second-order valence-corrected chi connectivity index (χ2v) is 0.718. The van der Waals surface area contributed by atoms with Gasteiger partial charge in [0.15, 0.2) is 0 Å². The Balaban J connectivity index is 3.33. The summed E-state index contributed by atoms with van der Waals surface area (Å²) < 4.78 is 9.28. The molecule has 2 N–H and O–H groups in total. The van der Waals surface area contributed by atoms with E-state index in [2.05, 4.69) is 21.1 Å². The first kappa shape index (κ1) is 5.43. The molecule has 6 heavy (non-hydrogen) atoms. The molecular formula is H2N4OP+. The van der Waals surface area contributed by atoms with E-state index in [0.717, 1.165) is 0 Å². The molecule has 32 valence electrons. The third-order valence-electron chi connectivity index (χ3n) is 0.128. The minimum atomic E-state index is -0.420. The van der Waals surface area contributed by atoms with Crippen LogP contribution >= 0.6 is 8.25 Å². The van der Waals surface area contributed by atoms with E-state index < -0.39 is 8.25 Å². The second kappa shape index (κ2) is 4.43. The number of rotatable bonds is 1. The molecule has 0 unspecified atom stereocenters. The van der Waals surface area contributed by atoms with Gasteiger partial charge in [0, 0.05) is 0 Å². The Kier molecular flexibility index (Phi) is 4.01. The van der Waals surface area contributed by atoms with Gasteiger partial charge in [-0.1, -0.05) is 0 Å². The minimum absolute atomic E-state index is 0.420. The Morgan fingerprint density at radius 3 is 2.50 bits per heavy atom. The van der Waals surface area contributed by atoms with Gasteiger partial charge in [-0.3, -0.25) is 0 Å². The predicted molar refractivity (Wildman–Crippen MR) is 19.1 cm³/mol. The maximum absolute atomic E-state index is 9.28. The fourth-order valence-electron chi connectivity index (χ4n) is 0.0394. The molecule has 0 saturated heterocycles. The zero-order chi connectivity index (χ0) is 4.83. The van der Waals surface area contributed by atoms with E-state index in [4.69, 9.17) is 0 Å². The first-order chi connectivity index (χ1) is 2.91. The Labute approximate surface area is 35.1 Å². The Hall–Kier alpha value is -0.570. The molecule has 0 aromatic carbocycles. The van der Waals surface area contributed by atoms with Gasteiger partial charge in [-0.25, -0.2) is 0 Å². The predicted octanol–water partition coefficient (Wildman–Crippen LogP) is 0.703. The summed E-state index contributed by atoms with van der Waals surface area (Å²) in [7, 11) is -0.420. The molecule has 0 radical (unpaired) electrons. The van der Waals surface area contributed by atoms with Gasteiger partial charge < -0.3 is 0 Å². The van der Waals surface area contributed by atoms with E-state index in [1.807, 2.05) is 0 Å². The van der Waals surface area contributed by atoms with Crippen molar-refractivity contribution in [2.75, 3.05) is 0 Å². The summed E-state index contributed by atoms with van der Waals surface area (Å²) in [6.07, 6.45) is 0. The van der Waals surface area contributed by atoms with Gasteiger partial charge in [0.25, 0.3) is 0 Å². The van der Waals surface area contributed by atoms with Crippen molar-refractivity contribution in [1.29, 1.82) is 0 Å². The molecule has 0 aromatic heterocycles. The van der Waals surface area contributed by atoms with Gasteiger partial charge >= 0.3 is 34.0 Å². The number of nitrogens with two attached hydrogens (primary N) is 1. The van der Waals surface area contributed by atoms with Crippen LogP contribution in [0.1, 0.15) is 0 Å². The first-order valence-corrected chi connectivity index (χ1v) is 1.81. The number of nitrogens with zero attached hydrogens (tertiary/aromatic N) is 3. The fourth-order valence-corrected chi connectivity index (χ4v) is 0.118.